The van der Waals surface area contributed by atoms with Crippen molar-refractivity contribution < 1.29 is 23.2 Å². The Kier molecular flexibility index (Phi) is 6.66. The molecule has 0 bridgehead atoms. The van der Waals surface area contributed by atoms with Gasteiger partial charge in [-0.15, -0.1) is 0 Å². The van der Waals surface area contributed by atoms with Crippen LogP contribution >= 0.6 is 0 Å². The minimum Gasteiger partial charge on any atom is -0.357 e. The lowest BCUT2D eigenvalue weighted by Crippen LogP contribution is -2.49. The summed E-state index contributed by atoms with van der Waals surface area (Å²) in [4.78, 5) is 41.0. The summed E-state index contributed by atoms with van der Waals surface area (Å²) >= 11 is 0. The highest BCUT2D eigenvalue weighted by molar-refractivity contribution is 5.89. The van der Waals surface area contributed by atoms with E-state index in [0.717, 1.165) is 38.1 Å². The normalized spacial score (nSPS) is 18.4. The molecule has 2 aliphatic heterocycles. The zero-order valence-corrected chi connectivity index (χ0v) is 16.4. The third kappa shape index (κ3) is 4.83. The van der Waals surface area contributed by atoms with Crippen molar-refractivity contribution in [2.45, 2.75) is 31.7 Å². The average Bonchev–Trinajstić information content (AvgIpc) is 3.28. The van der Waals surface area contributed by atoms with Crippen LogP contribution in [0.3, 0.4) is 0 Å². The standard InChI is InChI=1S/C20H26F2N4O3/c1-23-19(28)17(14-4-5-15(21)16(22)12-14)24-18(27)13-6-10-26(11-7-13)20(29)25-8-2-3-9-25/h4-5,12-13,17H,2-3,6-11H2,1H3,(H,23,28)(H,24,27). The van der Waals surface area contributed by atoms with Crippen LogP contribution in [0.25, 0.3) is 0 Å². The lowest BCUT2D eigenvalue weighted by molar-refractivity contribution is -0.132. The highest BCUT2D eigenvalue weighted by Crippen LogP contribution is 2.23. The highest BCUT2D eigenvalue weighted by Gasteiger charge is 2.32. The Hall–Kier alpha value is -2.71. The van der Waals surface area contributed by atoms with E-state index >= 15 is 0 Å². The van der Waals surface area contributed by atoms with E-state index in [0.29, 0.717) is 25.9 Å². The quantitative estimate of drug-likeness (QED) is 0.797. The molecule has 2 aliphatic rings. The van der Waals surface area contributed by atoms with Crippen molar-refractivity contribution in [2.24, 2.45) is 5.92 Å². The zero-order valence-electron chi connectivity index (χ0n) is 16.4. The number of carbonyl (C=O) groups is 3. The van der Waals surface area contributed by atoms with Crippen LogP contribution in [0.4, 0.5) is 13.6 Å². The number of piperidine rings is 1. The first-order valence-electron chi connectivity index (χ1n) is 9.91. The predicted octanol–water partition coefficient (Wildman–Crippen LogP) is 1.80. The summed E-state index contributed by atoms with van der Waals surface area (Å²) in [6.45, 7) is 2.51. The molecule has 0 spiro atoms. The maximum absolute atomic E-state index is 13.6. The maximum Gasteiger partial charge on any atom is 0.319 e. The second-order valence-electron chi connectivity index (χ2n) is 7.47. The van der Waals surface area contributed by atoms with Gasteiger partial charge in [-0.1, -0.05) is 6.07 Å². The van der Waals surface area contributed by atoms with Crippen LogP contribution in [0.5, 0.6) is 0 Å². The van der Waals surface area contributed by atoms with Crippen LogP contribution in [-0.2, 0) is 9.59 Å². The number of hydrogen-bond donors (Lipinski definition) is 2. The van der Waals surface area contributed by atoms with E-state index in [1.54, 1.807) is 4.90 Å². The van der Waals surface area contributed by atoms with Gasteiger partial charge in [-0.2, -0.15) is 0 Å². The van der Waals surface area contributed by atoms with Gasteiger partial charge < -0.3 is 20.4 Å². The molecule has 1 unspecified atom stereocenters. The first-order valence-corrected chi connectivity index (χ1v) is 9.91. The number of carbonyl (C=O) groups excluding carboxylic acids is 3. The van der Waals surface area contributed by atoms with E-state index in [1.165, 1.54) is 13.1 Å². The van der Waals surface area contributed by atoms with Crippen molar-refractivity contribution in [3.63, 3.8) is 0 Å². The van der Waals surface area contributed by atoms with Gasteiger partial charge in [0.05, 0.1) is 0 Å². The summed E-state index contributed by atoms with van der Waals surface area (Å²) < 4.78 is 26.8. The number of halogens is 2. The first kappa shape index (κ1) is 21.0. The van der Waals surface area contributed by atoms with E-state index in [2.05, 4.69) is 10.6 Å². The summed E-state index contributed by atoms with van der Waals surface area (Å²) in [6, 6.07) is 2.01. The third-order valence-electron chi connectivity index (χ3n) is 5.59. The van der Waals surface area contributed by atoms with E-state index in [9.17, 15) is 23.2 Å². The third-order valence-corrected chi connectivity index (χ3v) is 5.59. The molecule has 0 aliphatic carbocycles. The summed E-state index contributed by atoms with van der Waals surface area (Å²) in [5.41, 5.74) is 0.165. The van der Waals surface area contributed by atoms with Gasteiger partial charge >= 0.3 is 6.03 Å². The molecule has 2 fully saturated rings. The molecular formula is C20H26F2N4O3. The molecule has 9 heteroatoms. The van der Waals surface area contributed by atoms with Crippen molar-refractivity contribution in [2.75, 3.05) is 33.2 Å². The fourth-order valence-corrected chi connectivity index (χ4v) is 3.84. The fraction of sp³-hybridized carbons (Fsp3) is 0.550. The number of rotatable bonds is 4. The predicted molar refractivity (Wildman–Crippen MR) is 102 cm³/mol. The number of benzene rings is 1. The van der Waals surface area contributed by atoms with E-state index in [1.807, 2.05) is 4.90 Å². The largest absolute Gasteiger partial charge is 0.357 e. The fourth-order valence-electron chi connectivity index (χ4n) is 3.84. The van der Waals surface area contributed by atoms with Gasteiger partial charge in [0.15, 0.2) is 11.6 Å². The van der Waals surface area contributed by atoms with Crippen molar-refractivity contribution >= 4 is 17.8 Å². The van der Waals surface area contributed by atoms with Crippen LogP contribution in [-0.4, -0.2) is 60.9 Å². The SMILES string of the molecule is CNC(=O)C(NC(=O)C1CCN(C(=O)N2CCCC2)CC1)c1ccc(F)c(F)c1. The van der Waals surface area contributed by atoms with Gasteiger partial charge in [0, 0.05) is 39.1 Å². The number of amides is 4. The van der Waals surface area contributed by atoms with Gasteiger partial charge in [-0.3, -0.25) is 9.59 Å². The second kappa shape index (κ2) is 9.19. The zero-order chi connectivity index (χ0) is 21.0. The molecule has 29 heavy (non-hydrogen) atoms. The van der Waals surface area contributed by atoms with Gasteiger partial charge in [-0.05, 0) is 43.4 Å². The smallest absolute Gasteiger partial charge is 0.319 e. The second-order valence-corrected chi connectivity index (χ2v) is 7.47. The van der Waals surface area contributed by atoms with Crippen molar-refractivity contribution in [3.05, 3.63) is 35.4 Å². The number of hydrogen-bond acceptors (Lipinski definition) is 3. The molecule has 2 heterocycles. The molecule has 7 nitrogen and oxygen atoms in total. The summed E-state index contributed by atoms with van der Waals surface area (Å²) in [7, 11) is 1.41. The summed E-state index contributed by atoms with van der Waals surface area (Å²) in [5, 5.41) is 5.08. The number of urea groups is 1. The molecule has 2 N–H and O–H groups in total. The number of likely N-dealkylation sites (tertiary alicyclic amines) is 2. The number of likely N-dealkylation sites (N-methyl/N-ethyl adjacent to an activating group) is 1. The van der Waals surface area contributed by atoms with E-state index in [-0.39, 0.29) is 23.4 Å². The van der Waals surface area contributed by atoms with Crippen LogP contribution < -0.4 is 10.6 Å². The Morgan fingerprint density at radius 2 is 1.62 bits per heavy atom. The number of nitrogens with zero attached hydrogens (tertiary/aromatic N) is 2. The molecule has 1 atom stereocenters. The van der Waals surface area contributed by atoms with Gasteiger partial charge in [0.25, 0.3) is 0 Å². The molecule has 0 aromatic heterocycles. The van der Waals surface area contributed by atoms with Crippen LogP contribution in [0.1, 0.15) is 37.3 Å². The molecule has 3 rings (SSSR count). The Morgan fingerprint density at radius 3 is 2.21 bits per heavy atom. The van der Waals surface area contributed by atoms with Crippen molar-refractivity contribution in [1.29, 1.82) is 0 Å². The van der Waals surface area contributed by atoms with Gasteiger partial charge in [-0.25, -0.2) is 13.6 Å². The minimum absolute atomic E-state index is 0.0198. The average molecular weight is 408 g/mol. The summed E-state index contributed by atoms with van der Waals surface area (Å²) in [5.74, 6) is -3.32. The molecule has 1 aromatic rings. The van der Waals surface area contributed by atoms with Crippen LogP contribution in [0.15, 0.2) is 18.2 Å². The molecule has 2 saturated heterocycles. The first-order chi connectivity index (χ1) is 13.9. The van der Waals surface area contributed by atoms with Crippen LogP contribution in [0, 0.1) is 17.6 Å². The topological polar surface area (TPSA) is 81.8 Å². The Morgan fingerprint density at radius 1 is 1.00 bits per heavy atom. The highest BCUT2D eigenvalue weighted by atomic mass is 19.2. The number of nitrogens with one attached hydrogen (secondary N) is 2. The van der Waals surface area contributed by atoms with Crippen molar-refractivity contribution in [3.8, 4) is 0 Å². The minimum atomic E-state index is -1.12. The lowest BCUT2D eigenvalue weighted by atomic mass is 9.95. The van der Waals surface area contributed by atoms with Crippen LogP contribution in [0.2, 0.25) is 0 Å². The molecule has 1 aromatic carbocycles. The Balaban J connectivity index is 1.61. The lowest BCUT2D eigenvalue weighted by Gasteiger charge is -2.34. The maximum atomic E-state index is 13.6. The monoisotopic (exact) mass is 408 g/mol. The molecule has 4 amide bonds. The Labute approximate surface area is 168 Å². The molecular weight excluding hydrogens is 382 g/mol. The van der Waals surface area contributed by atoms with Crippen molar-refractivity contribution in [1.82, 2.24) is 20.4 Å². The van der Waals surface area contributed by atoms with E-state index in [4.69, 9.17) is 0 Å². The Bertz CT molecular complexity index is 775. The molecule has 0 radical (unpaired) electrons. The summed E-state index contributed by atoms with van der Waals surface area (Å²) in [6.07, 6.45) is 3.03. The van der Waals surface area contributed by atoms with Gasteiger partial charge in [0.2, 0.25) is 11.8 Å². The van der Waals surface area contributed by atoms with Gasteiger partial charge in [0.1, 0.15) is 6.04 Å². The molecule has 0 saturated carbocycles. The molecule has 158 valence electrons. The van der Waals surface area contributed by atoms with E-state index < -0.39 is 23.6 Å².